The number of para-hydroxylation sites is 2. The van der Waals surface area contributed by atoms with Crippen molar-refractivity contribution in [2.45, 2.75) is 0 Å². The highest BCUT2D eigenvalue weighted by atomic mass is 16.5. The average molecular weight is 290 g/mol. The second-order valence-corrected chi connectivity index (χ2v) is 4.95. The van der Waals surface area contributed by atoms with E-state index in [-0.39, 0.29) is 22.5 Å². The first-order valence-corrected chi connectivity index (χ1v) is 6.78. The minimum atomic E-state index is -0.233. The van der Waals surface area contributed by atoms with Gasteiger partial charge in [0.2, 0.25) is 5.78 Å². The van der Waals surface area contributed by atoms with Gasteiger partial charge in [-0.15, -0.1) is 0 Å². The maximum absolute atomic E-state index is 12.4. The van der Waals surface area contributed by atoms with E-state index in [4.69, 9.17) is 9.15 Å². The predicted octanol–water partition coefficient (Wildman–Crippen LogP) is 3.41. The van der Waals surface area contributed by atoms with Crippen LogP contribution in [0.15, 0.2) is 69.8 Å². The summed E-state index contributed by atoms with van der Waals surface area (Å²) in [6.07, 6.45) is 2.78. The molecule has 0 saturated heterocycles. The number of carbonyl (C=O) groups is 1. The number of carbonyl (C=O) groups excluding carboxylic acids is 1. The van der Waals surface area contributed by atoms with E-state index in [9.17, 15) is 9.59 Å². The molecule has 4 heteroatoms. The topological polar surface area (TPSA) is 56.5 Å². The number of hydrogen-bond donors (Lipinski definition) is 0. The molecule has 0 radical (unpaired) electrons. The van der Waals surface area contributed by atoms with Crippen molar-refractivity contribution in [3.63, 3.8) is 0 Å². The molecule has 4 nitrogen and oxygen atoms in total. The molecule has 4 rings (SSSR count). The molecular formula is C18H10O4. The third kappa shape index (κ3) is 1.85. The van der Waals surface area contributed by atoms with Crippen molar-refractivity contribution in [3.05, 3.63) is 81.9 Å². The number of rotatable bonds is 1. The molecule has 0 unspecified atom stereocenters. The standard InChI is InChI=1S/C18H10O4/c19-17-11(10-21-14-7-3-1-5-12(14)17)9-16-18(20)13-6-2-4-8-15(13)22-16/h1-10H/b16-9-. The van der Waals surface area contributed by atoms with Gasteiger partial charge >= 0.3 is 0 Å². The van der Waals surface area contributed by atoms with Crippen LogP contribution in [0.1, 0.15) is 15.9 Å². The van der Waals surface area contributed by atoms with Crippen LogP contribution in [0.2, 0.25) is 0 Å². The van der Waals surface area contributed by atoms with Crippen LogP contribution in [0.25, 0.3) is 17.0 Å². The molecule has 0 aliphatic carbocycles. The van der Waals surface area contributed by atoms with Crippen LogP contribution in [0.5, 0.6) is 5.75 Å². The summed E-state index contributed by atoms with van der Waals surface area (Å²) in [5.74, 6) is 0.399. The highest BCUT2D eigenvalue weighted by Crippen LogP contribution is 2.31. The summed E-state index contributed by atoms with van der Waals surface area (Å²) in [4.78, 5) is 24.7. The Hall–Kier alpha value is -3.14. The smallest absolute Gasteiger partial charge is 0.231 e. The van der Waals surface area contributed by atoms with Crippen molar-refractivity contribution in [1.29, 1.82) is 0 Å². The molecule has 0 saturated carbocycles. The van der Waals surface area contributed by atoms with Gasteiger partial charge in [-0.05, 0) is 30.3 Å². The van der Waals surface area contributed by atoms with E-state index in [0.717, 1.165) is 0 Å². The van der Waals surface area contributed by atoms with E-state index in [1.807, 2.05) is 0 Å². The summed E-state index contributed by atoms with van der Waals surface area (Å²) in [5.41, 5.74) is 1.10. The minimum absolute atomic E-state index is 0.129. The van der Waals surface area contributed by atoms with Crippen LogP contribution >= 0.6 is 0 Å². The fourth-order valence-electron chi connectivity index (χ4n) is 2.47. The summed E-state index contributed by atoms with van der Waals surface area (Å²) in [6.45, 7) is 0. The monoisotopic (exact) mass is 290 g/mol. The second-order valence-electron chi connectivity index (χ2n) is 4.95. The maximum Gasteiger partial charge on any atom is 0.231 e. The number of fused-ring (bicyclic) bond motifs is 2. The predicted molar refractivity (Wildman–Crippen MR) is 81.9 cm³/mol. The number of ether oxygens (including phenoxy) is 1. The Morgan fingerprint density at radius 3 is 2.55 bits per heavy atom. The molecule has 0 bridgehead atoms. The van der Waals surface area contributed by atoms with Crippen molar-refractivity contribution >= 4 is 22.8 Å². The molecule has 3 aromatic rings. The zero-order valence-corrected chi connectivity index (χ0v) is 11.4. The van der Waals surface area contributed by atoms with Crippen LogP contribution in [0.3, 0.4) is 0 Å². The number of allylic oxidation sites excluding steroid dienone is 1. The van der Waals surface area contributed by atoms with Crippen molar-refractivity contribution in [2.24, 2.45) is 0 Å². The van der Waals surface area contributed by atoms with Gasteiger partial charge in [0, 0.05) is 0 Å². The van der Waals surface area contributed by atoms with Crippen LogP contribution in [0.4, 0.5) is 0 Å². The Labute approximate surface area is 125 Å². The molecule has 1 aliphatic heterocycles. The van der Waals surface area contributed by atoms with E-state index in [2.05, 4.69) is 0 Å². The van der Waals surface area contributed by atoms with E-state index >= 15 is 0 Å². The van der Waals surface area contributed by atoms with Gasteiger partial charge in [-0.2, -0.15) is 0 Å². The first-order chi connectivity index (χ1) is 10.7. The highest BCUT2D eigenvalue weighted by Gasteiger charge is 2.26. The van der Waals surface area contributed by atoms with E-state index in [0.29, 0.717) is 22.3 Å². The fourth-order valence-corrected chi connectivity index (χ4v) is 2.47. The Balaban J connectivity index is 1.84. The highest BCUT2D eigenvalue weighted by molar-refractivity contribution is 6.14. The number of hydrogen-bond acceptors (Lipinski definition) is 4. The quantitative estimate of drug-likeness (QED) is 0.644. The normalized spacial score (nSPS) is 15.1. The first-order valence-electron chi connectivity index (χ1n) is 6.78. The maximum atomic E-state index is 12.4. The minimum Gasteiger partial charge on any atom is -0.463 e. The third-order valence-corrected chi connectivity index (χ3v) is 3.57. The molecule has 0 fully saturated rings. The SMILES string of the molecule is O=C1/C(=C/c2coc3ccccc3c2=O)Oc2ccccc21. The van der Waals surface area contributed by atoms with Gasteiger partial charge in [0.1, 0.15) is 17.6 Å². The van der Waals surface area contributed by atoms with E-state index in [1.54, 1.807) is 48.5 Å². The molecule has 0 atom stereocenters. The molecule has 0 amide bonds. The fraction of sp³-hybridized carbons (Fsp3) is 0. The van der Waals surface area contributed by atoms with Gasteiger partial charge in [0.05, 0.1) is 16.5 Å². The van der Waals surface area contributed by atoms with Crippen LogP contribution in [-0.2, 0) is 0 Å². The average Bonchev–Trinajstić information content (AvgIpc) is 2.87. The van der Waals surface area contributed by atoms with Crippen LogP contribution in [-0.4, -0.2) is 5.78 Å². The van der Waals surface area contributed by atoms with Crippen molar-refractivity contribution in [3.8, 4) is 5.75 Å². The largest absolute Gasteiger partial charge is 0.463 e. The van der Waals surface area contributed by atoms with E-state index < -0.39 is 0 Å². The lowest BCUT2D eigenvalue weighted by atomic mass is 10.1. The van der Waals surface area contributed by atoms with Gasteiger partial charge in [-0.1, -0.05) is 24.3 Å². The van der Waals surface area contributed by atoms with Gasteiger partial charge in [0.15, 0.2) is 11.2 Å². The Kier molecular flexibility index (Phi) is 2.69. The Morgan fingerprint density at radius 2 is 1.68 bits per heavy atom. The zero-order valence-electron chi connectivity index (χ0n) is 11.4. The molecule has 0 N–H and O–H groups in total. The van der Waals surface area contributed by atoms with Gasteiger partial charge in [0.25, 0.3) is 0 Å². The molecule has 2 aromatic carbocycles. The number of ketones is 1. The summed E-state index contributed by atoms with van der Waals surface area (Å²) in [5, 5.41) is 0.472. The van der Waals surface area contributed by atoms with Crippen molar-refractivity contribution in [1.82, 2.24) is 0 Å². The lowest BCUT2D eigenvalue weighted by Gasteiger charge is -2.00. The summed E-state index contributed by atoms with van der Waals surface area (Å²) in [7, 11) is 0. The number of benzene rings is 2. The third-order valence-electron chi connectivity index (χ3n) is 3.57. The molecule has 0 spiro atoms. The van der Waals surface area contributed by atoms with Gasteiger partial charge < -0.3 is 9.15 Å². The molecule has 106 valence electrons. The second kappa shape index (κ2) is 4.70. The van der Waals surface area contributed by atoms with Crippen LogP contribution < -0.4 is 10.2 Å². The van der Waals surface area contributed by atoms with Crippen LogP contribution in [0, 0.1) is 0 Å². The lowest BCUT2D eigenvalue weighted by Crippen LogP contribution is -2.07. The van der Waals surface area contributed by atoms with E-state index in [1.165, 1.54) is 12.3 Å². The zero-order chi connectivity index (χ0) is 15.1. The molecule has 1 aliphatic rings. The number of Topliss-reactive ketones (excluding diaryl/α,β-unsaturated/α-hetero) is 1. The molecule has 1 aromatic heterocycles. The Morgan fingerprint density at radius 1 is 0.909 bits per heavy atom. The summed E-state index contributed by atoms with van der Waals surface area (Å²) < 4.78 is 11.0. The summed E-state index contributed by atoms with van der Waals surface area (Å²) in [6, 6.07) is 14.0. The van der Waals surface area contributed by atoms with Gasteiger partial charge in [-0.3, -0.25) is 9.59 Å². The van der Waals surface area contributed by atoms with Crippen molar-refractivity contribution < 1.29 is 13.9 Å². The van der Waals surface area contributed by atoms with Gasteiger partial charge in [-0.25, -0.2) is 0 Å². The summed E-state index contributed by atoms with van der Waals surface area (Å²) >= 11 is 0. The Bertz CT molecular complexity index is 995. The molecular weight excluding hydrogens is 280 g/mol. The molecule has 2 heterocycles. The molecule has 22 heavy (non-hydrogen) atoms. The lowest BCUT2D eigenvalue weighted by molar-refractivity contribution is 0.101. The first kappa shape index (κ1) is 12.6. The van der Waals surface area contributed by atoms with Crippen molar-refractivity contribution in [2.75, 3.05) is 0 Å².